The van der Waals surface area contributed by atoms with Crippen LogP contribution in [-0.2, 0) is 4.79 Å². The molecule has 0 saturated carbocycles. The molecule has 0 aliphatic carbocycles. The minimum Gasteiger partial charge on any atom is -0.491 e. The molecular formula is C15H22N2O2. The van der Waals surface area contributed by atoms with Crippen molar-refractivity contribution in [3.63, 3.8) is 0 Å². The smallest absolute Gasteiger partial charge is 0.241 e. The zero-order valence-corrected chi connectivity index (χ0v) is 11.6. The predicted octanol–water partition coefficient (Wildman–Crippen LogP) is 2.55. The van der Waals surface area contributed by atoms with E-state index < -0.39 is 0 Å². The lowest BCUT2D eigenvalue weighted by Crippen LogP contribution is -2.35. The van der Waals surface area contributed by atoms with Gasteiger partial charge < -0.3 is 15.4 Å². The number of hydrogen-bond acceptors (Lipinski definition) is 3. The molecule has 1 aliphatic heterocycles. The van der Waals surface area contributed by atoms with Gasteiger partial charge in [0.25, 0.3) is 0 Å². The molecule has 0 bridgehead atoms. The standard InChI is InChI=1S/C15H22N2O2/c1-3-11(2)19-13-7-4-6-12(10-13)17-15(18)14-8-5-9-16-14/h4,6-7,10-11,14,16H,3,5,8-9H2,1-2H3,(H,17,18)/t11?,14-/m1/s1. The number of carbonyl (C=O) groups excluding carboxylic acids is 1. The summed E-state index contributed by atoms with van der Waals surface area (Å²) in [6.45, 7) is 5.05. The van der Waals surface area contributed by atoms with Gasteiger partial charge in [-0.1, -0.05) is 13.0 Å². The number of amides is 1. The van der Waals surface area contributed by atoms with Gasteiger partial charge in [0, 0.05) is 11.8 Å². The lowest BCUT2D eigenvalue weighted by atomic mass is 10.2. The Morgan fingerprint density at radius 3 is 3.11 bits per heavy atom. The zero-order chi connectivity index (χ0) is 13.7. The summed E-state index contributed by atoms with van der Waals surface area (Å²) in [6.07, 6.45) is 3.12. The van der Waals surface area contributed by atoms with Crippen LogP contribution in [0.25, 0.3) is 0 Å². The van der Waals surface area contributed by atoms with Crippen molar-refractivity contribution < 1.29 is 9.53 Å². The maximum Gasteiger partial charge on any atom is 0.241 e. The number of carbonyl (C=O) groups is 1. The van der Waals surface area contributed by atoms with Crippen LogP contribution >= 0.6 is 0 Å². The second-order valence-corrected chi connectivity index (χ2v) is 5.00. The first-order chi connectivity index (χ1) is 9.19. The maximum atomic E-state index is 12.0. The molecule has 2 rings (SSSR count). The lowest BCUT2D eigenvalue weighted by molar-refractivity contribution is -0.117. The molecule has 0 spiro atoms. The van der Waals surface area contributed by atoms with Gasteiger partial charge in [0.15, 0.2) is 0 Å². The Balaban J connectivity index is 1.96. The number of anilines is 1. The number of ether oxygens (including phenoxy) is 1. The molecule has 1 saturated heterocycles. The van der Waals surface area contributed by atoms with Crippen LogP contribution in [0.5, 0.6) is 5.75 Å². The highest BCUT2D eigenvalue weighted by Crippen LogP contribution is 2.20. The fourth-order valence-corrected chi connectivity index (χ4v) is 2.10. The van der Waals surface area contributed by atoms with E-state index in [0.29, 0.717) is 0 Å². The van der Waals surface area contributed by atoms with E-state index in [1.54, 1.807) is 0 Å². The number of rotatable bonds is 5. The average Bonchev–Trinajstić information content (AvgIpc) is 2.93. The van der Waals surface area contributed by atoms with Crippen LogP contribution in [0.4, 0.5) is 5.69 Å². The molecule has 1 amide bonds. The first-order valence-corrected chi connectivity index (χ1v) is 7.00. The topological polar surface area (TPSA) is 50.4 Å². The molecule has 104 valence electrons. The van der Waals surface area contributed by atoms with Crippen molar-refractivity contribution in [2.24, 2.45) is 0 Å². The van der Waals surface area contributed by atoms with Gasteiger partial charge in [0.05, 0.1) is 12.1 Å². The highest BCUT2D eigenvalue weighted by atomic mass is 16.5. The lowest BCUT2D eigenvalue weighted by Gasteiger charge is -2.15. The molecule has 4 heteroatoms. The molecule has 1 aromatic carbocycles. The minimum atomic E-state index is -0.0564. The molecule has 1 heterocycles. The Labute approximate surface area is 114 Å². The van der Waals surface area contributed by atoms with Crippen molar-refractivity contribution in [3.05, 3.63) is 24.3 Å². The van der Waals surface area contributed by atoms with E-state index in [0.717, 1.165) is 37.2 Å². The van der Waals surface area contributed by atoms with E-state index >= 15 is 0 Å². The van der Waals surface area contributed by atoms with Gasteiger partial charge in [-0.2, -0.15) is 0 Å². The van der Waals surface area contributed by atoms with Crippen LogP contribution in [-0.4, -0.2) is 24.6 Å². The van der Waals surface area contributed by atoms with Gasteiger partial charge in [0.2, 0.25) is 5.91 Å². The molecule has 1 aromatic rings. The van der Waals surface area contributed by atoms with Crippen molar-refractivity contribution in [1.29, 1.82) is 0 Å². The van der Waals surface area contributed by atoms with E-state index in [1.807, 2.05) is 31.2 Å². The summed E-state index contributed by atoms with van der Waals surface area (Å²) in [6, 6.07) is 7.51. The van der Waals surface area contributed by atoms with Crippen molar-refractivity contribution in [2.45, 2.75) is 45.3 Å². The average molecular weight is 262 g/mol. The largest absolute Gasteiger partial charge is 0.491 e. The van der Waals surface area contributed by atoms with Crippen molar-refractivity contribution >= 4 is 11.6 Å². The summed E-state index contributed by atoms with van der Waals surface area (Å²) in [4.78, 5) is 12.0. The summed E-state index contributed by atoms with van der Waals surface area (Å²) < 4.78 is 5.74. The third-order valence-electron chi connectivity index (χ3n) is 3.39. The molecule has 4 nitrogen and oxygen atoms in total. The van der Waals surface area contributed by atoms with Crippen molar-refractivity contribution in [1.82, 2.24) is 5.32 Å². The van der Waals surface area contributed by atoms with Crippen molar-refractivity contribution in [3.8, 4) is 5.75 Å². The van der Waals surface area contributed by atoms with Gasteiger partial charge in [0.1, 0.15) is 5.75 Å². The van der Waals surface area contributed by atoms with Crippen LogP contribution in [0.1, 0.15) is 33.1 Å². The Kier molecular flexibility index (Phi) is 4.80. The Morgan fingerprint density at radius 1 is 1.58 bits per heavy atom. The normalized spacial score (nSPS) is 20.0. The molecule has 1 fully saturated rings. The highest BCUT2D eigenvalue weighted by Gasteiger charge is 2.21. The van der Waals surface area contributed by atoms with Gasteiger partial charge in [-0.3, -0.25) is 4.79 Å². The zero-order valence-electron chi connectivity index (χ0n) is 11.6. The van der Waals surface area contributed by atoms with Gasteiger partial charge in [-0.25, -0.2) is 0 Å². The fraction of sp³-hybridized carbons (Fsp3) is 0.533. The molecule has 1 unspecified atom stereocenters. The number of hydrogen-bond donors (Lipinski definition) is 2. The van der Waals surface area contributed by atoms with Crippen molar-refractivity contribution in [2.75, 3.05) is 11.9 Å². The molecule has 1 aliphatic rings. The van der Waals surface area contributed by atoms with Crippen LogP contribution < -0.4 is 15.4 Å². The van der Waals surface area contributed by atoms with Crippen LogP contribution in [0.15, 0.2) is 24.3 Å². The third kappa shape index (κ3) is 3.96. The fourth-order valence-electron chi connectivity index (χ4n) is 2.10. The summed E-state index contributed by atoms with van der Waals surface area (Å²) >= 11 is 0. The molecule has 2 atom stereocenters. The van der Waals surface area contributed by atoms with E-state index in [-0.39, 0.29) is 18.1 Å². The number of benzene rings is 1. The second kappa shape index (κ2) is 6.57. The summed E-state index contributed by atoms with van der Waals surface area (Å²) in [5.74, 6) is 0.838. The van der Waals surface area contributed by atoms with Crippen LogP contribution in [0, 0.1) is 0 Å². The van der Waals surface area contributed by atoms with Gasteiger partial charge >= 0.3 is 0 Å². The van der Waals surface area contributed by atoms with E-state index in [2.05, 4.69) is 17.6 Å². The first kappa shape index (κ1) is 13.9. The molecule has 0 radical (unpaired) electrons. The summed E-state index contributed by atoms with van der Waals surface area (Å²) in [5, 5.41) is 6.12. The molecule has 19 heavy (non-hydrogen) atoms. The second-order valence-electron chi connectivity index (χ2n) is 5.00. The molecule has 0 aromatic heterocycles. The summed E-state index contributed by atoms with van der Waals surface area (Å²) in [5.41, 5.74) is 0.791. The van der Waals surface area contributed by atoms with Gasteiger partial charge in [-0.05, 0) is 44.9 Å². The Bertz CT molecular complexity index is 428. The molecule has 2 N–H and O–H groups in total. The van der Waals surface area contributed by atoms with E-state index in [4.69, 9.17) is 4.74 Å². The quantitative estimate of drug-likeness (QED) is 0.857. The first-order valence-electron chi connectivity index (χ1n) is 7.00. The Hall–Kier alpha value is -1.55. The highest BCUT2D eigenvalue weighted by molar-refractivity contribution is 5.95. The molecular weight excluding hydrogens is 240 g/mol. The third-order valence-corrected chi connectivity index (χ3v) is 3.39. The summed E-state index contributed by atoms with van der Waals surface area (Å²) in [7, 11) is 0. The number of nitrogens with one attached hydrogen (secondary N) is 2. The Morgan fingerprint density at radius 2 is 2.42 bits per heavy atom. The predicted molar refractivity (Wildman–Crippen MR) is 76.5 cm³/mol. The van der Waals surface area contributed by atoms with Crippen LogP contribution in [0.2, 0.25) is 0 Å². The minimum absolute atomic E-state index is 0.0400. The maximum absolute atomic E-state index is 12.0. The monoisotopic (exact) mass is 262 g/mol. The van der Waals surface area contributed by atoms with E-state index in [9.17, 15) is 4.79 Å². The van der Waals surface area contributed by atoms with E-state index in [1.165, 1.54) is 0 Å². The SMILES string of the molecule is CCC(C)Oc1cccc(NC(=O)[C@H]2CCCN2)c1. The van der Waals surface area contributed by atoms with Gasteiger partial charge in [-0.15, -0.1) is 0 Å². The van der Waals surface area contributed by atoms with Crippen LogP contribution in [0.3, 0.4) is 0 Å².